The maximum Gasteiger partial charge on any atom is 0.276 e. The van der Waals surface area contributed by atoms with Crippen LogP contribution in [0.25, 0.3) is 11.4 Å². The summed E-state index contributed by atoms with van der Waals surface area (Å²) in [7, 11) is 1.86. The summed E-state index contributed by atoms with van der Waals surface area (Å²) in [6.45, 7) is 5.42. The van der Waals surface area contributed by atoms with Crippen LogP contribution in [-0.2, 0) is 26.3 Å². The molecule has 216 valence electrons. The molecule has 0 spiro atoms. The number of nitrogens with one attached hydrogen (secondary N) is 2. The Hall–Kier alpha value is -4.51. The number of hydrogen-bond donors (Lipinski definition) is 2. The van der Waals surface area contributed by atoms with Gasteiger partial charge in [-0.3, -0.25) is 14.3 Å². The molecule has 0 bridgehead atoms. The van der Waals surface area contributed by atoms with Gasteiger partial charge in [0.1, 0.15) is 18.3 Å². The Balaban J connectivity index is 1.27. The highest BCUT2D eigenvalue weighted by molar-refractivity contribution is 6.06. The number of aryl methyl sites for hydroxylation is 3. The molecule has 4 heterocycles. The molecule has 1 saturated heterocycles. The van der Waals surface area contributed by atoms with Gasteiger partial charge in [0.05, 0.1) is 11.4 Å². The lowest BCUT2D eigenvalue weighted by atomic mass is 9.87. The van der Waals surface area contributed by atoms with Gasteiger partial charge in [-0.25, -0.2) is 19.9 Å². The highest BCUT2D eigenvalue weighted by Crippen LogP contribution is 2.40. The van der Waals surface area contributed by atoms with Gasteiger partial charge in [0.2, 0.25) is 0 Å². The van der Waals surface area contributed by atoms with Crippen LogP contribution in [0.2, 0.25) is 0 Å². The first-order valence-corrected chi connectivity index (χ1v) is 14.6. The second-order valence-corrected chi connectivity index (χ2v) is 10.8. The second-order valence-electron chi connectivity index (χ2n) is 10.8. The van der Waals surface area contributed by atoms with E-state index in [9.17, 15) is 9.59 Å². The molecule has 42 heavy (non-hydrogen) atoms. The number of anilines is 1. The van der Waals surface area contributed by atoms with Crippen molar-refractivity contribution < 1.29 is 9.59 Å². The number of hydrogen-bond acceptors (Lipinski definition) is 8. The molecule has 2 aliphatic rings. The van der Waals surface area contributed by atoms with Gasteiger partial charge in [-0.2, -0.15) is 5.10 Å². The average molecular weight is 566 g/mol. The maximum atomic E-state index is 13.9. The van der Waals surface area contributed by atoms with Crippen LogP contribution >= 0.6 is 0 Å². The van der Waals surface area contributed by atoms with Gasteiger partial charge in [-0.15, -0.1) is 0 Å². The zero-order valence-corrected chi connectivity index (χ0v) is 24.2. The van der Waals surface area contributed by atoms with Gasteiger partial charge < -0.3 is 15.5 Å². The molecule has 1 aliphatic heterocycles. The first kappa shape index (κ1) is 27.6. The molecule has 1 aliphatic carbocycles. The molecular weight excluding hydrogens is 530 g/mol. The van der Waals surface area contributed by atoms with Gasteiger partial charge in [-0.1, -0.05) is 32.0 Å². The molecule has 4 aromatic rings. The summed E-state index contributed by atoms with van der Waals surface area (Å²) in [4.78, 5) is 45.6. The van der Waals surface area contributed by atoms with Crippen LogP contribution in [0.4, 0.5) is 5.69 Å². The van der Waals surface area contributed by atoms with Crippen molar-refractivity contribution in [1.82, 2.24) is 39.9 Å². The highest BCUT2D eigenvalue weighted by atomic mass is 16.2. The molecule has 1 fully saturated rings. The number of likely N-dealkylation sites (tertiary alicyclic amines) is 1. The minimum absolute atomic E-state index is 0.0769. The fourth-order valence-corrected chi connectivity index (χ4v) is 6.19. The smallest absolute Gasteiger partial charge is 0.276 e. The van der Waals surface area contributed by atoms with E-state index in [-0.39, 0.29) is 23.9 Å². The molecule has 6 rings (SSSR count). The standard InChI is InChI=1S/C31H35N9O2/c1-4-19-7-6-8-20(5-2)26(19)37-30(41)28-25-24(15-21-16-33-18-35-27(21)29(25)39(3)38-28)36-22-10-13-40(14-11-22)31(42)23-9-12-32-17-34-23/h6-9,12,16-18,22,24,36H,4-5,10-11,13-15H2,1-3H3,(H,37,41). The lowest BCUT2D eigenvalue weighted by Crippen LogP contribution is -2.46. The number of piperidine rings is 1. The van der Waals surface area contributed by atoms with Crippen molar-refractivity contribution in [2.24, 2.45) is 7.05 Å². The molecular formula is C31H35N9O2. The number of para-hydroxylation sites is 1. The maximum absolute atomic E-state index is 13.9. The number of carbonyl (C=O) groups excluding carboxylic acids is 2. The van der Waals surface area contributed by atoms with E-state index in [1.807, 2.05) is 24.2 Å². The predicted molar refractivity (Wildman–Crippen MR) is 158 cm³/mol. The molecule has 11 nitrogen and oxygen atoms in total. The number of benzene rings is 1. The van der Waals surface area contributed by atoms with Crippen molar-refractivity contribution in [2.45, 2.75) is 58.0 Å². The van der Waals surface area contributed by atoms with Gasteiger partial charge >= 0.3 is 0 Å². The van der Waals surface area contributed by atoms with Crippen LogP contribution in [0.5, 0.6) is 0 Å². The van der Waals surface area contributed by atoms with Gasteiger partial charge in [0.15, 0.2) is 5.69 Å². The first-order chi connectivity index (χ1) is 20.5. The van der Waals surface area contributed by atoms with Gasteiger partial charge in [0.25, 0.3) is 11.8 Å². The van der Waals surface area contributed by atoms with E-state index >= 15 is 0 Å². The van der Waals surface area contributed by atoms with E-state index in [1.165, 1.54) is 6.33 Å². The monoisotopic (exact) mass is 565 g/mol. The van der Waals surface area contributed by atoms with E-state index < -0.39 is 0 Å². The fraction of sp³-hybridized carbons (Fsp3) is 0.387. The van der Waals surface area contributed by atoms with Crippen molar-refractivity contribution in [1.29, 1.82) is 0 Å². The van der Waals surface area contributed by atoms with Crippen molar-refractivity contribution in [3.63, 3.8) is 0 Å². The van der Waals surface area contributed by atoms with Crippen molar-refractivity contribution >= 4 is 17.5 Å². The molecule has 2 N–H and O–H groups in total. The van der Waals surface area contributed by atoms with E-state index in [4.69, 9.17) is 5.10 Å². The Labute approximate surface area is 244 Å². The van der Waals surface area contributed by atoms with Crippen molar-refractivity contribution in [3.05, 3.63) is 83.0 Å². The SMILES string of the molecule is CCc1cccc(CC)c1NC(=O)c1nn(C)c2c1C(NC1CCN(C(=O)c3ccncn3)CC1)Cc1cncnc1-2. The topological polar surface area (TPSA) is 131 Å². The summed E-state index contributed by atoms with van der Waals surface area (Å²) >= 11 is 0. The first-order valence-electron chi connectivity index (χ1n) is 14.6. The van der Waals surface area contributed by atoms with Gasteiger partial charge in [0, 0.05) is 61.4 Å². The third-order valence-corrected chi connectivity index (χ3v) is 8.34. The number of aromatic nitrogens is 6. The predicted octanol–water partition coefficient (Wildman–Crippen LogP) is 3.54. The molecule has 1 aromatic carbocycles. The number of carbonyl (C=O) groups is 2. The minimum atomic E-state index is -0.225. The van der Waals surface area contributed by atoms with Gasteiger partial charge in [-0.05, 0) is 49.3 Å². The van der Waals surface area contributed by atoms with Crippen LogP contribution in [0, 0.1) is 0 Å². The average Bonchev–Trinajstić information content (AvgIpc) is 3.39. The van der Waals surface area contributed by atoms with Crippen LogP contribution in [0.15, 0.2) is 49.3 Å². The molecule has 1 unspecified atom stereocenters. The molecule has 11 heteroatoms. The normalized spacial score (nSPS) is 16.5. The van der Waals surface area contributed by atoms with E-state index in [0.29, 0.717) is 30.9 Å². The Bertz CT molecular complexity index is 1590. The Kier molecular flexibility index (Phi) is 7.75. The lowest BCUT2D eigenvalue weighted by molar-refractivity contribution is 0.0695. The van der Waals surface area contributed by atoms with E-state index in [0.717, 1.165) is 65.0 Å². The lowest BCUT2D eigenvalue weighted by Gasteiger charge is -2.35. The zero-order chi connectivity index (χ0) is 29.2. The van der Waals surface area contributed by atoms with Crippen molar-refractivity contribution in [2.75, 3.05) is 18.4 Å². The fourth-order valence-electron chi connectivity index (χ4n) is 6.19. The largest absolute Gasteiger partial charge is 0.337 e. The molecule has 1 atom stereocenters. The van der Waals surface area contributed by atoms with Crippen LogP contribution < -0.4 is 10.6 Å². The Morgan fingerprint density at radius 2 is 1.74 bits per heavy atom. The summed E-state index contributed by atoms with van der Waals surface area (Å²) < 4.78 is 1.76. The molecule has 3 aromatic heterocycles. The van der Waals surface area contributed by atoms with Crippen LogP contribution in [-0.4, -0.2) is 65.6 Å². The summed E-state index contributed by atoms with van der Waals surface area (Å²) in [5, 5.41) is 11.8. The second kappa shape index (κ2) is 11.8. The quantitative estimate of drug-likeness (QED) is 0.348. The molecule has 2 amide bonds. The number of nitrogens with zero attached hydrogens (tertiary/aromatic N) is 7. The molecule has 0 radical (unpaired) electrons. The Morgan fingerprint density at radius 3 is 2.43 bits per heavy atom. The zero-order valence-electron chi connectivity index (χ0n) is 24.2. The van der Waals surface area contributed by atoms with Crippen LogP contribution in [0.1, 0.15) is 76.0 Å². The third-order valence-electron chi connectivity index (χ3n) is 8.34. The summed E-state index contributed by atoms with van der Waals surface area (Å²) in [5.74, 6) is -0.302. The summed E-state index contributed by atoms with van der Waals surface area (Å²) in [6.07, 6.45) is 10.2. The highest BCUT2D eigenvalue weighted by Gasteiger charge is 2.37. The minimum Gasteiger partial charge on any atom is -0.337 e. The van der Waals surface area contributed by atoms with E-state index in [1.54, 1.807) is 23.3 Å². The summed E-state index contributed by atoms with van der Waals surface area (Å²) in [5.41, 5.74) is 7.39. The van der Waals surface area contributed by atoms with Crippen LogP contribution in [0.3, 0.4) is 0 Å². The number of fused-ring (bicyclic) bond motifs is 3. The number of rotatable bonds is 7. The summed E-state index contributed by atoms with van der Waals surface area (Å²) in [6, 6.07) is 7.80. The Morgan fingerprint density at radius 1 is 1.00 bits per heavy atom. The van der Waals surface area contributed by atoms with Crippen molar-refractivity contribution in [3.8, 4) is 11.4 Å². The third kappa shape index (κ3) is 5.16. The molecule has 0 saturated carbocycles. The van der Waals surface area contributed by atoms with E-state index in [2.05, 4.69) is 56.5 Å². The number of amides is 2.